The van der Waals surface area contributed by atoms with Gasteiger partial charge in [-0.2, -0.15) is 0 Å². The van der Waals surface area contributed by atoms with E-state index in [4.69, 9.17) is 9.31 Å². The van der Waals surface area contributed by atoms with E-state index >= 15 is 0 Å². The monoisotopic (exact) mass is 329 g/mol. The van der Waals surface area contributed by atoms with Crippen LogP contribution < -0.4 is 5.46 Å². The predicted molar refractivity (Wildman–Crippen MR) is 96.1 cm³/mol. The summed E-state index contributed by atoms with van der Waals surface area (Å²) in [5.74, 6) is 0.263. The average Bonchev–Trinajstić information content (AvgIpc) is 2.73. The van der Waals surface area contributed by atoms with Crippen LogP contribution in [-0.2, 0) is 27.1 Å². The number of carbonyl (C=O) groups is 1. The molecule has 2 aliphatic heterocycles. The highest BCUT2D eigenvalue weighted by Crippen LogP contribution is 2.37. The Hall–Kier alpha value is -1.33. The molecule has 1 aromatic carbocycles. The van der Waals surface area contributed by atoms with E-state index in [1.54, 1.807) is 0 Å². The summed E-state index contributed by atoms with van der Waals surface area (Å²) in [5, 5.41) is 0. The number of hydrogen-bond donors (Lipinski definition) is 0. The highest BCUT2D eigenvalue weighted by molar-refractivity contribution is 6.62. The lowest BCUT2D eigenvalue weighted by atomic mass is 9.73. The van der Waals surface area contributed by atoms with Gasteiger partial charge in [0.2, 0.25) is 5.91 Å². The van der Waals surface area contributed by atoms with Crippen LogP contribution >= 0.6 is 0 Å². The average molecular weight is 329 g/mol. The van der Waals surface area contributed by atoms with Gasteiger partial charge in [-0.1, -0.05) is 32.0 Å². The number of amides is 1. The lowest BCUT2D eigenvalue weighted by Crippen LogP contribution is -2.43. The Balaban J connectivity index is 1.87. The van der Waals surface area contributed by atoms with Crippen LogP contribution in [0.1, 0.15) is 52.7 Å². The zero-order chi connectivity index (χ0) is 17.7. The normalized spacial score (nSPS) is 22.0. The van der Waals surface area contributed by atoms with Crippen molar-refractivity contribution in [1.82, 2.24) is 4.90 Å². The second-order valence-electron chi connectivity index (χ2n) is 8.24. The molecule has 0 N–H and O–H groups in total. The maximum absolute atomic E-state index is 12.3. The van der Waals surface area contributed by atoms with Crippen LogP contribution in [0.3, 0.4) is 0 Å². The molecule has 2 heterocycles. The van der Waals surface area contributed by atoms with Gasteiger partial charge in [-0.05, 0) is 50.7 Å². The van der Waals surface area contributed by atoms with E-state index in [0.29, 0.717) is 6.54 Å². The first kappa shape index (κ1) is 17.5. The molecule has 0 bridgehead atoms. The SMILES string of the molecule is CC(C)C(=O)N1CCc2c(cccc2B2OC(C)(C)C(C)(C)O2)C1. The topological polar surface area (TPSA) is 38.8 Å². The molecule has 0 radical (unpaired) electrons. The van der Waals surface area contributed by atoms with Crippen molar-refractivity contribution in [3.05, 3.63) is 29.3 Å². The van der Waals surface area contributed by atoms with Gasteiger partial charge in [-0.15, -0.1) is 0 Å². The molecule has 1 fully saturated rings. The van der Waals surface area contributed by atoms with E-state index in [-0.39, 0.29) is 30.1 Å². The summed E-state index contributed by atoms with van der Waals surface area (Å²) in [6.07, 6.45) is 0.855. The van der Waals surface area contributed by atoms with Crippen LogP contribution in [0.15, 0.2) is 18.2 Å². The summed E-state index contributed by atoms with van der Waals surface area (Å²) in [4.78, 5) is 14.3. The van der Waals surface area contributed by atoms with Gasteiger partial charge < -0.3 is 14.2 Å². The summed E-state index contributed by atoms with van der Waals surface area (Å²) in [5.41, 5.74) is 2.93. The zero-order valence-electron chi connectivity index (χ0n) is 15.7. The fraction of sp³-hybridized carbons (Fsp3) is 0.632. The Bertz CT molecular complexity index is 638. The molecule has 0 aromatic heterocycles. The Labute approximate surface area is 145 Å². The number of carbonyl (C=O) groups excluding carboxylic acids is 1. The van der Waals surface area contributed by atoms with Crippen molar-refractivity contribution in [2.75, 3.05) is 6.54 Å². The minimum Gasteiger partial charge on any atom is -0.399 e. The Morgan fingerprint density at radius 3 is 2.38 bits per heavy atom. The third-order valence-corrected chi connectivity index (χ3v) is 5.61. The van der Waals surface area contributed by atoms with Crippen molar-refractivity contribution in [2.45, 2.75) is 65.7 Å². The Morgan fingerprint density at radius 1 is 1.17 bits per heavy atom. The van der Waals surface area contributed by atoms with Gasteiger partial charge in [0.05, 0.1) is 11.2 Å². The highest BCUT2D eigenvalue weighted by Gasteiger charge is 2.52. The molecule has 1 aromatic rings. The van der Waals surface area contributed by atoms with E-state index in [0.717, 1.165) is 18.4 Å². The van der Waals surface area contributed by atoms with Crippen molar-refractivity contribution >= 4 is 18.5 Å². The fourth-order valence-corrected chi connectivity index (χ4v) is 3.38. The number of hydrogen-bond acceptors (Lipinski definition) is 3. The van der Waals surface area contributed by atoms with Crippen molar-refractivity contribution in [3.63, 3.8) is 0 Å². The summed E-state index contributed by atoms with van der Waals surface area (Å²) in [7, 11) is -0.336. The van der Waals surface area contributed by atoms with Crippen molar-refractivity contribution in [1.29, 1.82) is 0 Å². The van der Waals surface area contributed by atoms with Gasteiger partial charge >= 0.3 is 7.12 Å². The van der Waals surface area contributed by atoms with Crippen molar-refractivity contribution in [2.24, 2.45) is 5.92 Å². The quantitative estimate of drug-likeness (QED) is 0.783. The molecule has 0 atom stereocenters. The number of nitrogens with zero attached hydrogens (tertiary/aromatic N) is 1. The molecule has 0 unspecified atom stereocenters. The molecule has 5 heteroatoms. The van der Waals surface area contributed by atoms with Crippen LogP contribution in [0.2, 0.25) is 0 Å². The summed E-state index contributed by atoms with van der Waals surface area (Å²) in [6, 6.07) is 6.26. The van der Waals surface area contributed by atoms with E-state index in [1.807, 2.05) is 24.8 Å². The molecule has 2 aliphatic rings. The lowest BCUT2D eigenvalue weighted by molar-refractivity contribution is -0.135. The molecule has 0 spiro atoms. The second kappa shape index (κ2) is 5.89. The third-order valence-electron chi connectivity index (χ3n) is 5.61. The molecule has 0 saturated carbocycles. The predicted octanol–water partition coefficient (Wildman–Crippen LogP) is 2.53. The first-order valence-corrected chi connectivity index (χ1v) is 8.87. The van der Waals surface area contributed by atoms with Crippen LogP contribution in [-0.4, -0.2) is 35.7 Å². The molecule has 130 valence electrons. The molecule has 0 aliphatic carbocycles. The van der Waals surface area contributed by atoms with Gasteiger partial charge in [-0.3, -0.25) is 4.79 Å². The zero-order valence-corrected chi connectivity index (χ0v) is 15.7. The van der Waals surface area contributed by atoms with Crippen molar-refractivity contribution in [3.8, 4) is 0 Å². The number of benzene rings is 1. The van der Waals surface area contributed by atoms with Gasteiger partial charge in [0.1, 0.15) is 0 Å². The van der Waals surface area contributed by atoms with Gasteiger partial charge in [0, 0.05) is 19.0 Å². The first-order chi connectivity index (χ1) is 11.1. The van der Waals surface area contributed by atoms with Crippen molar-refractivity contribution < 1.29 is 14.1 Å². The molecule has 1 amide bonds. The van der Waals surface area contributed by atoms with Gasteiger partial charge in [0.15, 0.2) is 0 Å². The molecule has 3 rings (SSSR count). The molecule has 24 heavy (non-hydrogen) atoms. The molecule has 1 saturated heterocycles. The van der Waals surface area contributed by atoms with E-state index in [1.165, 1.54) is 11.1 Å². The minimum absolute atomic E-state index is 0.0397. The van der Waals surface area contributed by atoms with Crippen LogP contribution in [0, 0.1) is 5.92 Å². The molecular weight excluding hydrogens is 301 g/mol. The maximum Gasteiger partial charge on any atom is 0.495 e. The van der Waals surface area contributed by atoms with E-state index < -0.39 is 0 Å². The smallest absolute Gasteiger partial charge is 0.399 e. The first-order valence-electron chi connectivity index (χ1n) is 8.87. The molecular formula is C19H28BNO3. The Morgan fingerprint density at radius 2 is 1.79 bits per heavy atom. The highest BCUT2D eigenvalue weighted by atomic mass is 16.7. The van der Waals surface area contributed by atoms with Crippen LogP contribution in [0.5, 0.6) is 0 Å². The fourth-order valence-electron chi connectivity index (χ4n) is 3.38. The largest absolute Gasteiger partial charge is 0.495 e. The van der Waals surface area contributed by atoms with Crippen LogP contribution in [0.25, 0.3) is 0 Å². The van der Waals surface area contributed by atoms with E-state index in [2.05, 4.69) is 39.8 Å². The lowest BCUT2D eigenvalue weighted by Gasteiger charge is -2.32. The summed E-state index contributed by atoms with van der Waals surface area (Å²) >= 11 is 0. The number of fused-ring (bicyclic) bond motifs is 1. The maximum atomic E-state index is 12.3. The van der Waals surface area contributed by atoms with Crippen LogP contribution in [0.4, 0.5) is 0 Å². The summed E-state index contributed by atoms with van der Waals surface area (Å²) < 4.78 is 12.5. The summed E-state index contributed by atoms with van der Waals surface area (Å²) in [6.45, 7) is 13.7. The third kappa shape index (κ3) is 2.88. The molecule has 4 nitrogen and oxygen atoms in total. The van der Waals surface area contributed by atoms with Gasteiger partial charge in [0.25, 0.3) is 0 Å². The number of rotatable bonds is 2. The van der Waals surface area contributed by atoms with Gasteiger partial charge in [-0.25, -0.2) is 0 Å². The van der Waals surface area contributed by atoms with E-state index in [9.17, 15) is 4.79 Å². The Kier molecular flexibility index (Phi) is 4.29. The minimum atomic E-state index is -0.339. The second-order valence-corrected chi connectivity index (χ2v) is 8.24. The standard InChI is InChI=1S/C19H28BNO3/c1-13(2)17(22)21-11-10-15-14(12-21)8-7-9-16(15)20-23-18(3,4)19(5,6)24-20/h7-9,13H,10-12H2,1-6H3.